The van der Waals surface area contributed by atoms with Gasteiger partial charge in [-0.15, -0.1) is 0 Å². The van der Waals surface area contributed by atoms with E-state index in [1.807, 2.05) is 13.8 Å². The van der Waals surface area contributed by atoms with E-state index in [1.165, 1.54) is 0 Å². The van der Waals surface area contributed by atoms with Crippen LogP contribution in [-0.4, -0.2) is 17.8 Å². The highest BCUT2D eigenvalue weighted by molar-refractivity contribution is 6.30. The van der Waals surface area contributed by atoms with Crippen LogP contribution < -0.4 is 5.73 Å². The molecule has 0 aromatic heterocycles. The van der Waals surface area contributed by atoms with Gasteiger partial charge in [-0.3, -0.25) is 0 Å². The Labute approximate surface area is 108 Å². The molecule has 0 fully saturated rings. The topological polar surface area (TPSA) is 55.5 Å². The number of rotatable bonds is 6. The number of hydrogen-bond donors (Lipinski definition) is 2. The first-order chi connectivity index (χ1) is 8.04. The Morgan fingerprint density at radius 1 is 1.47 bits per heavy atom. The zero-order valence-corrected chi connectivity index (χ0v) is 11.1. The van der Waals surface area contributed by atoms with Crippen LogP contribution in [0.1, 0.15) is 32.3 Å². The van der Waals surface area contributed by atoms with Crippen LogP contribution in [-0.2, 0) is 10.5 Å². The van der Waals surface area contributed by atoms with E-state index in [0.717, 1.165) is 6.42 Å². The second-order valence-electron chi connectivity index (χ2n) is 4.07. The Hall–Kier alpha value is -0.610. The van der Waals surface area contributed by atoms with Gasteiger partial charge < -0.3 is 15.6 Å². The molecule has 96 valence electrons. The van der Waals surface area contributed by atoms with Crippen molar-refractivity contribution in [3.05, 3.63) is 34.9 Å². The van der Waals surface area contributed by atoms with Crippen molar-refractivity contribution in [3.63, 3.8) is 0 Å². The Kier molecular flexibility index (Phi) is 5.40. The number of nitrogens with two attached hydrogens (primary N) is 1. The first kappa shape index (κ1) is 14.5. The van der Waals surface area contributed by atoms with Crippen LogP contribution in [0.3, 0.4) is 0 Å². The van der Waals surface area contributed by atoms with Crippen LogP contribution in [0, 0.1) is 0 Å². The third kappa shape index (κ3) is 3.42. The summed E-state index contributed by atoms with van der Waals surface area (Å²) >= 11 is 5.93. The molecule has 17 heavy (non-hydrogen) atoms. The van der Waals surface area contributed by atoms with E-state index in [0.29, 0.717) is 23.6 Å². The number of halogens is 1. The number of ether oxygens (including phenoxy) is 1. The van der Waals surface area contributed by atoms with E-state index < -0.39 is 11.8 Å². The molecule has 3 nitrogen and oxygen atoms in total. The Balaban J connectivity index is 3.04. The summed E-state index contributed by atoms with van der Waals surface area (Å²) in [6.07, 6.45) is 1.44. The summed E-state index contributed by atoms with van der Waals surface area (Å²) in [6.45, 7) is 4.35. The second-order valence-corrected chi connectivity index (χ2v) is 4.51. The number of hydrogen-bond acceptors (Lipinski definition) is 3. The van der Waals surface area contributed by atoms with Crippen molar-refractivity contribution in [1.82, 2.24) is 0 Å². The molecule has 2 atom stereocenters. The van der Waals surface area contributed by atoms with Crippen molar-refractivity contribution in [2.45, 2.75) is 38.5 Å². The third-order valence-electron chi connectivity index (χ3n) is 2.71. The van der Waals surface area contributed by atoms with Gasteiger partial charge in [-0.05, 0) is 25.0 Å². The largest absolute Gasteiger partial charge is 0.361 e. The van der Waals surface area contributed by atoms with Gasteiger partial charge in [0.1, 0.15) is 0 Å². The quantitative estimate of drug-likeness (QED) is 0.771. The summed E-state index contributed by atoms with van der Waals surface area (Å²) in [4.78, 5) is 0. The van der Waals surface area contributed by atoms with E-state index in [-0.39, 0.29) is 0 Å². The summed E-state index contributed by atoms with van der Waals surface area (Å²) in [6, 6.07) is 6.51. The predicted molar refractivity (Wildman–Crippen MR) is 69.9 cm³/mol. The van der Waals surface area contributed by atoms with Crippen LogP contribution in [0.5, 0.6) is 0 Å². The van der Waals surface area contributed by atoms with Gasteiger partial charge >= 0.3 is 0 Å². The minimum Gasteiger partial charge on any atom is -0.361 e. The molecular formula is C13H20ClNO2. The lowest BCUT2D eigenvalue weighted by Crippen LogP contribution is -2.47. The fraction of sp³-hybridized carbons (Fsp3) is 0.538. The average molecular weight is 258 g/mol. The first-order valence-corrected chi connectivity index (χ1v) is 6.30. The van der Waals surface area contributed by atoms with Crippen molar-refractivity contribution in [1.29, 1.82) is 0 Å². The molecule has 0 bridgehead atoms. The van der Waals surface area contributed by atoms with Crippen LogP contribution in [0.15, 0.2) is 24.3 Å². The highest BCUT2D eigenvalue weighted by atomic mass is 35.5. The van der Waals surface area contributed by atoms with Crippen LogP contribution in [0.25, 0.3) is 0 Å². The highest BCUT2D eigenvalue weighted by Crippen LogP contribution is 2.29. The lowest BCUT2D eigenvalue weighted by Gasteiger charge is -2.33. The number of aliphatic hydroxyl groups is 1. The summed E-state index contributed by atoms with van der Waals surface area (Å²) in [5.74, 6) is -1.46. The normalized spacial score (nSPS) is 16.5. The average Bonchev–Trinajstić information content (AvgIpc) is 2.34. The van der Waals surface area contributed by atoms with Gasteiger partial charge in [0, 0.05) is 10.6 Å². The van der Waals surface area contributed by atoms with Gasteiger partial charge in [-0.1, -0.05) is 37.6 Å². The second kappa shape index (κ2) is 6.36. The molecule has 0 amide bonds. The van der Waals surface area contributed by atoms with Crippen molar-refractivity contribution in [3.8, 4) is 0 Å². The molecule has 0 aliphatic rings. The first-order valence-electron chi connectivity index (χ1n) is 5.92. The fourth-order valence-electron chi connectivity index (χ4n) is 1.65. The van der Waals surface area contributed by atoms with E-state index in [9.17, 15) is 5.11 Å². The monoisotopic (exact) mass is 257 g/mol. The van der Waals surface area contributed by atoms with E-state index in [4.69, 9.17) is 22.1 Å². The molecule has 1 aromatic rings. The minimum absolute atomic E-state index is 0.455. The predicted octanol–water partition coefficient (Wildman–Crippen LogP) is 2.65. The van der Waals surface area contributed by atoms with Crippen molar-refractivity contribution in [2.75, 3.05) is 6.61 Å². The molecule has 0 heterocycles. The molecule has 0 saturated heterocycles. The summed E-state index contributed by atoms with van der Waals surface area (Å²) in [7, 11) is 0. The smallest absolute Gasteiger partial charge is 0.208 e. The van der Waals surface area contributed by atoms with Gasteiger partial charge in [-0.2, -0.15) is 0 Å². The number of benzene rings is 1. The Morgan fingerprint density at radius 2 is 2.18 bits per heavy atom. The molecule has 4 heteroatoms. The van der Waals surface area contributed by atoms with Crippen molar-refractivity contribution in [2.24, 2.45) is 5.73 Å². The molecule has 2 unspecified atom stereocenters. The standard InChI is InChI=1S/C13H20ClNO2/c1-3-8-17-13(16,12(15)4-2)10-6-5-7-11(14)9-10/h5-7,9,12,16H,3-4,8,15H2,1-2H3. The van der Waals surface area contributed by atoms with Gasteiger partial charge in [0.2, 0.25) is 5.79 Å². The zero-order valence-electron chi connectivity index (χ0n) is 10.3. The molecule has 1 aromatic carbocycles. The van der Waals surface area contributed by atoms with Gasteiger partial charge in [-0.25, -0.2) is 0 Å². The third-order valence-corrected chi connectivity index (χ3v) is 2.94. The fourth-order valence-corrected chi connectivity index (χ4v) is 1.84. The molecule has 1 rings (SSSR count). The van der Waals surface area contributed by atoms with Crippen LogP contribution >= 0.6 is 11.6 Å². The Bertz CT molecular complexity index is 359. The summed E-state index contributed by atoms with van der Waals surface area (Å²) < 4.78 is 5.54. The molecule has 0 aliphatic carbocycles. The van der Waals surface area contributed by atoms with Crippen LogP contribution in [0.2, 0.25) is 5.02 Å². The lowest BCUT2D eigenvalue weighted by atomic mass is 9.96. The summed E-state index contributed by atoms with van der Waals surface area (Å²) in [5.41, 5.74) is 6.56. The van der Waals surface area contributed by atoms with Gasteiger partial charge in [0.05, 0.1) is 12.6 Å². The van der Waals surface area contributed by atoms with Crippen molar-refractivity contribution >= 4 is 11.6 Å². The van der Waals surface area contributed by atoms with Crippen molar-refractivity contribution < 1.29 is 9.84 Å². The molecule has 0 aliphatic heterocycles. The maximum atomic E-state index is 10.6. The van der Waals surface area contributed by atoms with Gasteiger partial charge in [0.25, 0.3) is 0 Å². The van der Waals surface area contributed by atoms with Gasteiger partial charge in [0.15, 0.2) is 0 Å². The van der Waals surface area contributed by atoms with E-state index >= 15 is 0 Å². The molecule has 0 spiro atoms. The molecular weight excluding hydrogens is 238 g/mol. The van der Waals surface area contributed by atoms with Crippen LogP contribution in [0.4, 0.5) is 0 Å². The highest BCUT2D eigenvalue weighted by Gasteiger charge is 2.36. The SMILES string of the molecule is CCCOC(O)(c1cccc(Cl)c1)C(N)CC. The maximum absolute atomic E-state index is 10.6. The zero-order chi connectivity index (χ0) is 12.9. The Morgan fingerprint density at radius 3 is 2.71 bits per heavy atom. The maximum Gasteiger partial charge on any atom is 0.208 e. The molecule has 3 N–H and O–H groups in total. The molecule has 0 radical (unpaired) electrons. The molecule has 0 saturated carbocycles. The lowest BCUT2D eigenvalue weighted by molar-refractivity contribution is -0.226. The summed E-state index contributed by atoms with van der Waals surface area (Å²) in [5, 5.41) is 11.2. The van der Waals surface area contributed by atoms with E-state index in [2.05, 4.69) is 0 Å². The minimum atomic E-state index is -1.46. The van der Waals surface area contributed by atoms with E-state index in [1.54, 1.807) is 24.3 Å².